The van der Waals surface area contributed by atoms with Crippen molar-refractivity contribution < 1.29 is 49.0 Å². The van der Waals surface area contributed by atoms with Crippen LogP contribution in [-0.4, -0.2) is 33.9 Å². The normalized spacial score (nSPS) is 13.4. The third-order valence-corrected chi connectivity index (χ3v) is 7.10. The number of sulfone groups is 1. The molecule has 3 aromatic carbocycles. The zero-order valence-corrected chi connectivity index (χ0v) is 19.7. The molecule has 36 heavy (non-hydrogen) atoms. The Morgan fingerprint density at radius 1 is 0.861 bits per heavy atom. The summed E-state index contributed by atoms with van der Waals surface area (Å²) in [4.78, 5) is 11.3. The molecule has 5 nitrogen and oxygen atoms in total. The van der Waals surface area contributed by atoms with Crippen LogP contribution >= 0.6 is 0 Å². The number of carbonyl (C=O) groups excluding carboxylic acids is 1. The number of alkyl halides is 6. The number of carbonyl (C=O) groups is 1. The van der Waals surface area contributed by atoms with Crippen molar-refractivity contribution in [2.24, 2.45) is 0 Å². The Morgan fingerprint density at radius 2 is 1.42 bits per heavy atom. The second-order valence-corrected chi connectivity index (χ2v) is 10.0. The quantitative estimate of drug-likeness (QED) is 0.275. The first kappa shape index (κ1) is 27.3. The molecule has 0 bridgehead atoms. The third kappa shape index (κ3) is 6.28. The molecule has 3 rings (SSSR count). The Kier molecular flexibility index (Phi) is 7.58. The highest BCUT2D eigenvalue weighted by atomic mass is 32.2. The van der Waals surface area contributed by atoms with Crippen LogP contribution in [0.5, 0.6) is 5.75 Å². The number of ether oxygens (including phenoxy) is 2. The van der Waals surface area contributed by atoms with Crippen LogP contribution in [0.3, 0.4) is 0 Å². The molecular weight excluding hydrogens is 514 g/mol. The van der Waals surface area contributed by atoms with Gasteiger partial charge >= 0.3 is 18.3 Å². The Bertz CT molecular complexity index is 1350. The van der Waals surface area contributed by atoms with Gasteiger partial charge in [0.05, 0.1) is 34.8 Å². The van der Waals surface area contributed by atoms with E-state index in [1.807, 2.05) is 0 Å². The van der Waals surface area contributed by atoms with Gasteiger partial charge in [0.1, 0.15) is 12.4 Å². The Hall–Kier alpha value is -3.28. The van der Waals surface area contributed by atoms with Crippen LogP contribution in [0.1, 0.15) is 29.5 Å². The Balaban J connectivity index is 1.73. The highest BCUT2D eigenvalue weighted by Crippen LogP contribution is 2.37. The van der Waals surface area contributed by atoms with Crippen molar-refractivity contribution in [3.05, 3.63) is 71.3 Å². The summed E-state index contributed by atoms with van der Waals surface area (Å²) in [5.74, 6) is -1.98. The minimum Gasteiger partial charge on any atom is -0.497 e. The van der Waals surface area contributed by atoms with Gasteiger partial charge < -0.3 is 9.47 Å². The molecule has 0 aliphatic heterocycles. The lowest BCUT2D eigenvalue weighted by atomic mass is 9.98. The van der Waals surface area contributed by atoms with Crippen molar-refractivity contribution in [1.82, 2.24) is 0 Å². The van der Waals surface area contributed by atoms with E-state index in [-0.39, 0.29) is 18.2 Å². The standard InChI is InChI=1S/C24H20F6O5S/c1-14(15-3-4-17-10-20(34-2)6-5-16(17)9-15)22(31)35-7-8-36(32,33)21-12-18(23(25,26)27)11-19(13-21)24(28,29)30/h3-6,9-14H,7-8H2,1-2H3. The molecule has 0 aromatic heterocycles. The van der Waals surface area contributed by atoms with Gasteiger partial charge in [-0.3, -0.25) is 4.79 Å². The van der Waals surface area contributed by atoms with Crippen LogP contribution in [0, 0.1) is 0 Å². The topological polar surface area (TPSA) is 69.7 Å². The molecule has 0 saturated carbocycles. The molecule has 0 amide bonds. The number of esters is 1. The first-order valence-corrected chi connectivity index (χ1v) is 12.0. The first-order chi connectivity index (χ1) is 16.6. The van der Waals surface area contributed by atoms with Gasteiger partial charge in [-0.15, -0.1) is 0 Å². The maximum Gasteiger partial charge on any atom is 0.416 e. The average Bonchev–Trinajstić information content (AvgIpc) is 2.81. The van der Waals surface area contributed by atoms with Gasteiger partial charge in [0.2, 0.25) is 0 Å². The molecule has 3 aromatic rings. The van der Waals surface area contributed by atoms with E-state index in [0.717, 1.165) is 10.8 Å². The van der Waals surface area contributed by atoms with Crippen molar-refractivity contribution in [1.29, 1.82) is 0 Å². The minimum atomic E-state index is -5.20. The summed E-state index contributed by atoms with van der Waals surface area (Å²) >= 11 is 0. The molecule has 1 atom stereocenters. The van der Waals surface area contributed by atoms with Gasteiger partial charge in [-0.1, -0.05) is 24.3 Å². The van der Waals surface area contributed by atoms with Crippen LogP contribution in [0.4, 0.5) is 26.3 Å². The summed E-state index contributed by atoms with van der Waals surface area (Å²) in [6.45, 7) is 0.762. The summed E-state index contributed by atoms with van der Waals surface area (Å²) in [5.41, 5.74) is -2.95. The predicted molar refractivity (Wildman–Crippen MR) is 118 cm³/mol. The molecule has 0 aliphatic rings. The summed E-state index contributed by atoms with van der Waals surface area (Å²) < 4.78 is 113. The molecule has 0 radical (unpaired) electrons. The molecular formula is C24H20F6O5S. The van der Waals surface area contributed by atoms with Crippen LogP contribution < -0.4 is 4.74 Å². The number of hydrogen-bond acceptors (Lipinski definition) is 5. The lowest BCUT2D eigenvalue weighted by molar-refractivity contribution is -0.145. The van der Waals surface area contributed by atoms with Crippen molar-refractivity contribution >= 4 is 26.6 Å². The third-order valence-electron chi connectivity index (χ3n) is 5.44. The van der Waals surface area contributed by atoms with E-state index < -0.39 is 62.5 Å². The van der Waals surface area contributed by atoms with E-state index in [4.69, 9.17) is 9.47 Å². The lowest BCUT2D eigenvalue weighted by Gasteiger charge is -2.15. The SMILES string of the molecule is COc1ccc2cc(C(C)C(=O)OCCS(=O)(=O)c3cc(C(F)(F)F)cc(C(F)(F)F)c3)ccc2c1. The van der Waals surface area contributed by atoms with Crippen molar-refractivity contribution in [2.75, 3.05) is 19.5 Å². The van der Waals surface area contributed by atoms with Crippen molar-refractivity contribution in [3.63, 3.8) is 0 Å². The fraction of sp³-hybridized carbons (Fsp3) is 0.292. The van der Waals surface area contributed by atoms with E-state index in [2.05, 4.69) is 0 Å². The van der Waals surface area contributed by atoms with E-state index >= 15 is 0 Å². The molecule has 0 fully saturated rings. The number of hydrogen-bond donors (Lipinski definition) is 0. The van der Waals surface area contributed by atoms with E-state index in [1.165, 1.54) is 14.0 Å². The second-order valence-electron chi connectivity index (χ2n) is 7.92. The zero-order valence-electron chi connectivity index (χ0n) is 18.9. The molecule has 0 N–H and O–H groups in total. The van der Waals surface area contributed by atoms with Crippen LogP contribution in [0.2, 0.25) is 0 Å². The maximum atomic E-state index is 13.0. The average molecular weight is 534 g/mol. The maximum absolute atomic E-state index is 13.0. The summed E-state index contributed by atoms with van der Waals surface area (Å²) in [7, 11) is -3.11. The molecule has 194 valence electrons. The summed E-state index contributed by atoms with van der Waals surface area (Å²) in [5, 5.41) is 1.66. The highest BCUT2D eigenvalue weighted by molar-refractivity contribution is 7.91. The van der Waals surface area contributed by atoms with E-state index in [1.54, 1.807) is 36.4 Å². The zero-order chi connectivity index (χ0) is 26.9. The van der Waals surface area contributed by atoms with Gasteiger partial charge in [0, 0.05) is 0 Å². The Labute approximate surface area is 202 Å². The molecule has 1 unspecified atom stereocenters. The fourth-order valence-corrected chi connectivity index (χ4v) is 4.53. The summed E-state index contributed by atoms with van der Waals surface area (Å²) in [6, 6.07) is 10.6. The van der Waals surface area contributed by atoms with E-state index in [9.17, 15) is 39.6 Å². The number of fused-ring (bicyclic) bond motifs is 1. The highest BCUT2D eigenvalue weighted by Gasteiger charge is 2.38. The van der Waals surface area contributed by atoms with E-state index in [0.29, 0.717) is 11.3 Å². The minimum absolute atomic E-state index is 0.124. The van der Waals surface area contributed by atoms with Gasteiger partial charge in [-0.05, 0) is 53.6 Å². The van der Waals surface area contributed by atoms with Crippen LogP contribution in [0.25, 0.3) is 10.8 Å². The largest absolute Gasteiger partial charge is 0.497 e. The number of methoxy groups -OCH3 is 1. The van der Waals surface area contributed by atoms with Crippen molar-refractivity contribution in [3.8, 4) is 5.75 Å². The van der Waals surface area contributed by atoms with Crippen molar-refractivity contribution in [2.45, 2.75) is 30.1 Å². The lowest BCUT2D eigenvalue weighted by Crippen LogP contribution is -2.20. The molecule has 12 heteroatoms. The first-order valence-electron chi connectivity index (χ1n) is 10.4. The predicted octanol–water partition coefficient (Wildman–Crippen LogP) is 6.01. The Morgan fingerprint density at radius 3 is 1.97 bits per heavy atom. The van der Waals surface area contributed by atoms with Gasteiger partial charge in [-0.2, -0.15) is 26.3 Å². The van der Waals surface area contributed by atoms with Crippen LogP contribution in [0.15, 0.2) is 59.5 Å². The second kappa shape index (κ2) is 10.00. The summed E-state index contributed by atoms with van der Waals surface area (Å²) in [6.07, 6.45) is -10.4. The van der Waals surface area contributed by atoms with Gasteiger partial charge in [-0.25, -0.2) is 8.42 Å². The molecule has 0 spiro atoms. The smallest absolute Gasteiger partial charge is 0.416 e. The fourth-order valence-electron chi connectivity index (χ4n) is 3.38. The van der Waals surface area contributed by atoms with Gasteiger partial charge in [0.15, 0.2) is 9.84 Å². The monoisotopic (exact) mass is 534 g/mol. The van der Waals surface area contributed by atoms with Crippen LogP contribution in [-0.2, 0) is 31.7 Å². The van der Waals surface area contributed by atoms with Gasteiger partial charge in [0.25, 0.3) is 0 Å². The number of halogens is 6. The molecule has 0 aliphatic carbocycles. The number of rotatable bonds is 7. The molecule has 0 saturated heterocycles. The number of benzene rings is 3. The molecule has 0 heterocycles.